The Morgan fingerprint density at radius 2 is 2.30 bits per heavy atom. The van der Waals surface area contributed by atoms with Crippen LogP contribution < -0.4 is 5.32 Å². The fourth-order valence-corrected chi connectivity index (χ4v) is 3.67. The van der Waals surface area contributed by atoms with Gasteiger partial charge in [-0.2, -0.15) is 11.8 Å². The first-order valence-electron chi connectivity index (χ1n) is 7.67. The Morgan fingerprint density at radius 1 is 1.50 bits per heavy atom. The van der Waals surface area contributed by atoms with E-state index in [0.717, 1.165) is 36.4 Å². The van der Waals surface area contributed by atoms with Crippen LogP contribution in [0.15, 0.2) is 10.5 Å². The average molecular weight is 296 g/mol. The summed E-state index contributed by atoms with van der Waals surface area (Å²) in [5.74, 6) is 4.08. The normalized spacial score (nSPS) is 20.8. The minimum absolute atomic E-state index is 0.679. The molecule has 1 aromatic heterocycles. The summed E-state index contributed by atoms with van der Waals surface area (Å²) < 4.78 is 5.87. The Balaban J connectivity index is 1.86. The van der Waals surface area contributed by atoms with Crippen molar-refractivity contribution in [2.75, 3.05) is 25.4 Å². The standard InChI is InChI=1S/C16H28N2OS/c1-12(2)8-17-9-16-7-15(14(4)19-16)11-18-5-6-20-13(3)10-18/h7,12-13,17H,5-6,8-11H2,1-4H3. The zero-order valence-electron chi connectivity index (χ0n) is 13.2. The van der Waals surface area contributed by atoms with E-state index in [9.17, 15) is 0 Å². The van der Waals surface area contributed by atoms with Crippen molar-refractivity contribution in [3.05, 3.63) is 23.2 Å². The molecule has 2 rings (SSSR count). The topological polar surface area (TPSA) is 28.4 Å². The van der Waals surface area contributed by atoms with Crippen LogP contribution in [0.5, 0.6) is 0 Å². The van der Waals surface area contributed by atoms with E-state index in [2.05, 4.69) is 55.7 Å². The van der Waals surface area contributed by atoms with E-state index >= 15 is 0 Å². The Bertz CT molecular complexity index is 417. The summed E-state index contributed by atoms with van der Waals surface area (Å²) in [6, 6.07) is 2.23. The van der Waals surface area contributed by atoms with Crippen LogP contribution in [0.4, 0.5) is 0 Å². The Kier molecular flexibility index (Phi) is 6.00. The highest BCUT2D eigenvalue weighted by Crippen LogP contribution is 2.22. The van der Waals surface area contributed by atoms with Gasteiger partial charge in [-0.15, -0.1) is 0 Å². The molecule has 114 valence electrons. The van der Waals surface area contributed by atoms with Crippen LogP contribution in [0.2, 0.25) is 0 Å². The predicted octanol–water partition coefficient (Wildman–Crippen LogP) is 3.27. The van der Waals surface area contributed by atoms with Gasteiger partial charge in [0.1, 0.15) is 11.5 Å². The molecule has 20 heavy (non-hydrogen) atoms. The molecule has 0 bridgehead atoms. The molecule has 0 saturated carbocycles. The molecule has 0 amide bonds. The van der Waals surface area contributed by atoms with Crippen molar-refractivity contribution < 1.29 is 4.42 Å². The number of nitrogens with one attached hydrogen (secondary N) is 1. The molecule has 1 N–H and O–H groups in total. The van der Waals surface area contributed by atoms with Crippen LogP contribution in [0.1, 0.15) is 37.9 Å². The first-order valence-corrected chi connectivity index (χ1v) is 8.72. The molecule has 0 aliphatic carbocycles. The Labute approximate surface area is 127 Å². The summed E-state index contributed by atoms with van der Waals surface area (Å²) >= 11 is 2.08. The van der Waals surface area contributed by atoms with Crippen LogP contribution in [0.25, 0.3) is 0 Å². The molecule has 3 nitrogen and oxygen atoms in total. The predicted molar refractivity (Wildman–Crippen MR) is 87.2 cm³/mol. The zero-order chi connectivity index (χ0) is 14.5. The van der Waals surface area contributed by atoms with E-state index in [1.807, 2.05) is 0 Å². The second kappa shape index (κ2) is 7.53. The minimum Gasteiger partial charge on any atom is -0.465 e. The second-order valence-corrected chi connectivity index (χ2v) is 7.78. The number of nitrogens with zero attached hydrogens (tertiary/aromatic N) is 1. The van der Waals surface area contributed by atoms with Crippen LogP contribution in [-0.2, 0) is 13.1 Å². The highest BCUT2D eigenvalue weighted by Gasteiger charge is 2.18. The molecule has 0 aromatic carbocycles. The maximum Gasteiger partial charge on any atom is 0.118 e. The van der Waals surface area contributed by atoms with Crippen molar-refractivity contribution in [2.45, 2.75) is 46.0 Å². The van der Waals surface area contributed by atoms with Gasteiger partial charge in [-0.25, -0.2) is 0 Å². The molecule has 1 saturated heterocycles. The summed E-state index contributed by atoms with van der Waals surface area (Å²) in [6.07, 6.45) is 0. The maximum absolute atomic E-state index is 5.87. The lowest BCUT2D eigenvalue weighted by atomic mass is 10.2. The molecular weight excluding hydrogens is 268 g/mol. The van der Waals surface area contributed by atoms with Gasteiger partial charge in [0.15, 0.2) is 0 Å². The molecule has 1 aliphatic rings. The third-order valence-corrected chi connectivity index (χ3v) is 4.78. The van der Waals surface area contributed by atoms with Crippen molar-refractivity contribution in [1.82, 2.24) is 10.2 Å². The maximum atomic E-state index is 5.87. The quantitative estimate of drug-likeness (QED) is 0.872. The van der Waals surface area contributed by atoms with Gasteiger partial charge in [-0.3, -0.25) is 4.90 Å². The molecule has 0 spiro atoms. The lowest BCUT2D eigenvalue weighted by Gasteiger charge is -2.30. The highest BCUT2D eigenvalue weighted by molar-refractivity contribution is 7.99. The molecule has 1 fully saturated rings. The SMILES string of the molecule is Cc1oc(CNCC(C)C)cc1CN1CCSC(C)C1. The van der Waals surface area contributed by atoms with Gasteiger partial charge >= 0.3 is 0 Å². The van der Waals surface area contributed by atoms with E-state index in [0.29, 0.717) is 5.92 Å². The summed E-state index contributed by atoms with van der Waals surface area (Å²) in [4.78, 5) is 2.55. The van der Waals surface area contributed by atoms with Crippen molar-refractivity contribution in [3.63, 3.8) is 0 Å². The number of hydrogen-bond acceptors (Lipinski definition) is 4. The Morgan fingerprint density at radius 3 is 3.00 bits per heavy atom. The van der Waals surface area contributed by atoms with E-state index < -0.39 is 0 Å². The summed E-state index contributed by atoms with van der Waals surface area (Å²) in [5, 5.41) is 4.19. The van der Waals surface area contributed by atoms with Crippen molar-refractivity contribution in [3.8, 4) is 0 Å². The number of furan rings is 1. The largest absolute Gasteiger partial charge is 0.465 e. The van der Waals surface area contributed by atoms with Crippen molar-refractivity contribution in [1.29, 1.82) is 0 Å². The molecule has 0 radical (unpaired) electrons. The number of hydrogen-bond donors (Lipinski definition) is 1. The first-order chi connectivity index (χ1) is 9.54. The molecule has 2 heterocycles. The molecule has 1 aromatic rings. The molecule has 1 unspecified atom stereocenters. The number of thioether (sulfide) groups is 1. The van der Waals surface area contributed by atoms with Gasteiger partial charge in [0.05, 0.1) is 6.54 Å². The Hall–Kier alpha value is -0.450. The van der Waals surface area contributed by atoms with Gasteiger partial charge in [0, 0.05) is 36.2 Å². The zero-order valence-corrected chi connectivity index (χ0v) is 14.1. The second-order valence-electron chi connectivity index (χ2n) is 6.24. The van der Waals surface area contributed by atoms with Gasteiger partial charge in [-0.1, -0.05) is 20.8 Å². The highest BCUT2D eigenvalue weighted by atomic mass is 32.2. The van der Waals surface area contributed by atoms with Crippen LogP contribution >= 0.6 is 11.8 Å². The lowest BCUT2D eigenvalue weighted by Crippen LogP contribution is -2.36. The van der Waals surface area contributed by atoms with Crippen molar-refractivity contribution in [2.24, 2.45) is 5.92 Å². The summed E-state index contributed by atoms with van der Waals surface area (Å²) in [7, 11) is 0. The van der Waals surface area contributed by atoms with Gasteiger partial charge in [-0.05, 0) is 25.5 Å². The monoisotopic (exact) mass is 296 g/mol. The lowest BCUT2D eigenvalue weighted by molar-refractivity contribution is 0.276. The van der Waals surface area contributed by atoms with Crippen LogP contribution in [0, 0.1) is 12.8 Å². The van der Waals surface area contributed by atoms with E-state index in [1.165, 1.54) is 24.4 Å². The van der Waals surface area contributed by atoms with E-state index in [4.69, 9.17) is 4.42 Å². The van der Waals surface area contributed by atoms with Crippen LogP contribution in [0.3, 0.4) is 0 Å². The average Bonchev–Trinajstić information content (AvgIpc) is 2.69. The number of rotatable bonds is 6. The molecule has 1 aliphatic heterocycles. The van der Waals surface area contributed by atoms with Gasteiger partial charge in [0.2, 0.25) is 0 Å². The molecular formula is C16H28N2OS. The van der Waals surface area contributed by atoms with Crippen LogP contribution in [-0.4, -0.2) is 35.5 Å². The smallest absolute Gasteiger partial charge is 0.118 e. The minimum atomic E-state index is 0.679. The fraction of sp³-hybridized carbons (Fsp3) is 0.750. The summed E-state index contributed by atoms with van der Waals surface area (Å²) in [5.41, 5.74) is 1.35. The van der Waals surface area contributed by atoms with Gasteiger partial charge in [0.25, 0.3) is 0 Å². The number of aryl methyl sites for hydroxylation is 1. The molecule has 1 atom stereocenters. The van der Waals surface area contributed by atoms with Crippen molar-refractivity contribution >= 4 is 11.8 Å². The first kappa shape index (κ1) is 15.9. The van der Waals surface area contributed by atoms with E-state index in [-0.39, 0.29) is 0 Å². The third-order valence-electron chi connectivity index (χ3n) is 3.64. The third kappa shape index (κ3) is 4.83. The summed E-state index contributed by atoms with van der Waals surface area (Å²) in [6.45, 7) is 14.1. The fourth-order valence-electron chi connectivity index (χ4n) is 2.59. The van der Waals surface area contributed by atoms with E-state index in [1.54, 1.807) is 0 Å². The van der Waals surface area contributed by atoms with Gasteiger partial charge < -0.3 is 9.73 Å². The molecule has 4 heteroatoms.